The van der Waals surface area contributed by atoms with Gasteiger partial charge in [-0.15, -0.1) is 0 Å². The van der Waals surface area contributed by atoms with Gasteiger partial charge in [0, 0.05) is 18.7 Å². The molecule has 0 aromatic heterocycles. The Morgan fingerprint density at radius 3 is 2.95 bits per heavy atom. The highest BCUT2D eigenvalue weighted by Crippen LogP contribution is 2.30. The van der Waals surface area contributed by atoms with Crippen LogP contribution in [0, 0.1) is 6.92 Å². The van der Waals surface area contributed by atoms with Gasteiger partial charge in [-0.1, -0.05) is 17.7 Å². The van der Waals surface area contributed by atoms with Crippen LogP contribution in [0.2, 0.25) is 0 Å². The van der Waals surface area contributed by atoms with Gasteiger partial charge in [-0.05, 0) is 20.0 Å². The van der Waals surface area contributed by atoms with Gasteiger partial charge in [-0.2, -0.15) is 0 Å². The largest absolute Gasteiger partial charge is 0.496 e. The molecule has 1 saturated heterocycles. The number of ether oxygens (including phenoxy) is 2. The Morgan fingerprint density at radius 2 is 2.32 bits per heavy atom. The minimum Gasteiger partial charge on any atom is -0.496 e. The zero-order chi connectivity index (χ0) is 13.8. The molecule has 1 heterocycles. The topological polar surface area (TPSA) is 59.8 Å². The summed E-state index contributed by atoms with van der Waals surface area (Å²) in [6.07, 6.45) is 0.0273. The lowest BCUT2D eigenvalue weighted by molar-refractivity contribution is -0.0396. The van der Waals surface area contributed by atoms with Crippen LogP contribution in [-0.2, 0) is 4.74 Å². The van der Waals surface area contributed by atoms with Gasteiger partial charge in [0.25, 0.3) is 0 Å². The molecule has 5 nitrogen and oxygen atoms in total. The van der Waals surface area contributed by atoms with Gasteiger partial charge in [0.15, 0.2) is 0 Å². The van der Waals surface area contributed by atoms with E-state index in [1.807, 2.05) is 12.1 Å². The molecule has 2 atom stereocenters. The van der Waals surface area contributed by atoms with Crippen molar-refractivity contribution < 1.29 is 9.47 Å². The highest BCUT2D eigenvalue weighted by atomic mass is 16.5. The minimum absolute atomic E-state index is 0.0273. The Morgan fingerprint density at radius 1 is 1.53 bits per heavy atom. The van der Waals surface area contributed by atoms with Crippen LogP contribution in [0.3, 0.4) is 0 Å². The van der Waals surface area contributed by atoms with E-state index in [1.54, 1.807) is 7.11 Å². The monoisotopic (exact) mass is 265 g/mol. The van der Waals surface area contributed by atoms with Crippen LogP contribution in [0.1, 0.15) is 17.2 Å². The maximum Gasteiger partial charge on any atom is 0.123 e. The van der Waals surface area contributed by atoms with Crippen molar-refractivity contribution in [1.29, 1.82) is 0 Å². The minimum atomic E-state index is -0.0717. The van der Waals surface area contributed by atoms with Gasteiger partial charge in [0.05, 0.1) is 25.9 Å². The number of morpholine rings is 1. The number of hydrogen-bond donors (Lipinski definition) is 2. The number of nitrogens with zero attached hydrogens (tertiary/aromatic N) is 1. The van der Waals surface area contributed by atoms with Gasteiger partial charge in [0.1, 0.15) is 5.75 Å². The maximum atomic E-state index is 5.86. The summed E-state index contributed by atoms with van der Waals surface area (Å²) < 4.78 is 11.3. The van der Waals surface area contributed by atoms with Crippen molar-refractivity contribution in [2.45, 2.75) is 19.1 Å². The van der Waals surface area contributed by atoms with Crippen LogP contribution >= 0.6 is 0 Å². The number of hydrazine groups is 1. The third-order valence-electron chi connectivity index (χ3n) is 3.57. The average molecular weight is 265 g/mol. The number of benzene rings is 1. The van der Waals surface area contributed by atoms with Gasteiger partial charge in [0.2, 0.25) is 0 Å². The average Bonchev–Trinajstić information content (AvgIpc) is 2.40. The van der Waals surface area contributed by atoms with Crippen LogP contribution < -0.4 is 16.0 Å². The molecule has 2 rings (SSSR count). The Kier molecular flexibility index (Phi) is 4.76. The first-order valence-corrected chi connectivity index (χ1v) is 6.56. The molecule has 1 fully saturated rings. The molecule has 1 aliphatic rings. The van der Waals surface area contributed by atoms with Crippen LogP contribution in [0.15, 0.2) is 18.2 Å². The van der Waals surface area contributed by atoms with E-state index < -0.39 is 0 Å². The number of nitrogens with two attached hydrogens (primary N) is 1. The van der Waals surface area contributed by atoms with Crippen molar-refractivity contribution in [1.82, 2.24) is 10.3 Å². The quantitative estimate of drug-likeness (QED) is 0.624. The number of hydrogen-bond acceptors (Lipinski definition) is 5. The first kappa shape index (κ1) is 14.3. The normalized spacial score (nSPS) is 22.2. The molecule has 0 aliphatic carbocycles. The third kappa shape index (κ3) is 3.25. The van der Waals surface area contributed by atoms with Gasteiger partial charge in [-0.3, -0.25) is 11.3 Å². The van der Waals surface area contributed by atoms with Crippen molar-refractivity contribution in [2.75, 3.05) is 33.9 Å². The molecular formula is C14H23N3O2. The molecule has 106 valence electrons. The molecule has 0 saturated carbocycles. The second kappa shape index (κ2) is 6.34. The zero-order valence-corrected chi connectivity index (χ0v) is 11.8. The summed E-state index contributed by atoms with van der Waals surface area (Å²) in [5.41, 5.74) is 5.11. The summed E-state index contributed by atoms with van der Waals surface area (Å²) in [7, 11) is 3.77. The molecule has 5 heteroatoms. The van der Waals surface area contributed by atoms with E-state index in [-0.39, 0.29) is 12.1 Å². The van der Waals surface area contributed by atoms with Crippen molar-refractivity contribution in [3.63, 3.8) is 0 Å². The Bertz CT molecular complexity index is 425. The molecule has 0 amide bonds. The molecule has 2 unspecified atom stereocenters. The van der Waals surface area contributed by atoms with Crippen LogP contribution in [-0.4, -0.2) is 44.9 Å². The van der Waals surface area contributed by atoms with E-state index in [1.165, 1.54) is 5.56 Å². The molecule has 0 radical (unpaired) electrons. The fraction of sp³-hybridized carbons (Fsp3) is 0.571. The molecule has 1 aromatic carbocycles. The lowest BCUT2D eigenvalue weighted by atomic mass is 9.98. The summed E-state index contributed by atoms with van der Waals surface area (Å²) in [6.45, 7) is 4.60. The SMILES string of the molecule is COc1ccc(C)cc1C(NN)C1CN(C)CCO1. The van der Waals surface area contributed by atoms with Crippen molar-refractivity contribution in [2.24, 2.45) is 5.84 Å². The predicted molar refractivity (Wildman–Crippen MR) is 75.0 cm³/mol. The fourth-order valence-corrected chi connectivity index (χ4v) is 2.51. The summed E-state index contributed by atoms with van der Waals surface area (Å²) in [5, 5.41) is 0. The van der Waals surface area contributed by atoms with E-state index in [0.29, 0.717) is 0 Å². The fourth-order valence-electron chi connectivity index (χ4n) is 2.51. The molecule has 0 spiro atoms. The maximum absolute atomic E-state index is 5.86. The van der Waals surface area contributed by atoms with Crippen molar-refractivity contribution in [3.05, 3.63) is 29.3 Å². The third-order valence-corrected chi connectivity index (χ3v) is 3.57. The van der Waals surface area contributed by atoms with Crippen LogP contribution in [0.4, 0.5) is 0 Å². The predicted octanol–water partition coefficient (Wildman–Crippen LogP) is 0.839. The highest BCUT2D eigenvalue weighted by Gasteiger charge is 2.29. The first-order chi connectivity index (χ1) is 9.15. The summed E-state index contributed by atoms with van der Waals surface area (Å²) in [6, 6.07) is 6.03. The van der Waals surface area contributed by atoms with E-state index in [0.717, 1.165) is 31.0 Å². The number of rotatable bonds is 4. The zero-order valence-electron chi connectivity index (χ0n) is 11.8. The van der Waals surface area contributed by atoms with Crippen molar-refractivity contribution >= 4 is 0 Å². The van der Waals surface area contributed by atoms with Gasteiger partial charge >= 0.3 is 0 Å². The molecular weight excluding hydrogens is 242 g/mol. The summed E-state index contributed by atoms with van der Waals surface area (Å²) in [4.78, 5) is 2.25. The Balaban J connectivity index is 2.27. The number of likely N-dealkylation sites (N-methyl/N-ethyl adjacent to an activating group) is 1. The first-order valence-electron chi connectivity index (χ1n) is 6.56. The molecule has 1 aromatic rings. The second-order valence-electron chi connectivity index (χ2n) is 5.06. The molecule has 3 N–H and O–H groups in total. The second-order valence-corrected chi connectivity index (χ2v) is 5.06. The van der Waals surface area contributed by atoms with Gasteiger partial charge < -0.3 is 14.4 Å². The van der Waals surface area contributed by atoms with E-state index in [2.05, 4.69) is 30.4 Å². The Labute approximate surface area is 114 Å². The van der Waals surface area contributed by atoms with Gasteiger partial charge in [-0.25, -0.2) is 0 Å². The lowest BCUT2D eigenvalue weighted by Crippen LogP contribution is -2.48. The van der Waals surface area contributed by atoms with Crippen LogP contribution in [0.25, 0.3) is 0 Å². The number of nitrogens with one attached hydrogen (secondary N) is 1. The van der Waals surface area contributed by atoms with E-state index in [4.69, 9.17) is 15.3 Å². The number of methoxy groups -OCH3 is 1. The summed E-state index contributed by atoms with van der Waals surface area (Å²) in [5.74, 6) is 6.59. The molecule has 0 bridgehead atoms. The summed E-state index contributed by atoms with van der Waals surface area (Å²) >= 11 is 0. The molecule has 1 aliphatic heterocycles. The van der Waals surface area contributed by atoms with E-state index >= 15 is 0 Å². The standard InChI is InChI=1S/C14H23N3O2/c1-10-4-5-12(18-3)11(8-10)14(16-15)13-9-17(2)6-7-19-13/h4-5,8,13-14,16H,6-7,9,15H2,1-3H3. The van der Waals surface area contributed by atoms with Crippen LogP contribution in [0.5, 0.6) is 5.75 Å². The lowest BCUT2D eigenvalue weighted by Gasteiger charge is -2.35. The smallest absolute Gasteiger partial charge is 0.123 e. The highest BCUT2D eigenvalue weighted by molar-refractivity contribution is 5.39. The van der Waals surface area contributed by atoms with Crippen molar-refractivity contribution in [3.8, 4) is 5.75 Å². The Hall–Kier alpha value is -1.14. The molecule has 19 heavy (non-hydrogen) atoms. The van der Waals surface area contributed by atoms with E-state index in [9.17, 15) is 0 Å². The number of aryl methyl sites for hydroxylation is 1.